The topological polar surface area (TPSA) is 66.6 Å². The summed E-state index contributed by atoms with van der Waals surface area (Å²) in [5.41, 5.74) is 4.02. The Morgan fingerprint density at radius 3 is 2.67 bits per heavy atom. The van der Waals surface area contributed by atoms with Crippen molar-refractivity contribution in [3.63, 3.8) is 0 Å². The molecule has 0 fully saturated rings. The number of carbonyl (C=O) groups is 1. The van der Waals surface area contributed by atoms with Crippen molar-refractivity contribution in [2.24, 2.45) is 5.10 Å². The van der Waals surface area contributed by atoms with Gasteiger partial charge in [0.05, 0.1) is 22.8 Å². The third kappa shape index (κ3) is 4.64. The zero-order chi connectivity index (χ0) is 20.9. The van der Waals surface area contributed by atoms with Crippen LogP contribution < -0.4 is 10.7 Å². The molecule has 0 aliphatic heterocycles. The average molecular weight is 438 g/mol. The maximum Gasteiger partial charge on any atom is 0.259 e. The van der Waals surface area contributed by atoms with E-state index in [0.717, 1.165) is 16.5 Å². The molecule has 1 heterocycles. The lowest BCUT2D eigenvalue weighted by Gasteiger charge is -2.06. The molecular weight excluding hydrogens is 421 g/mol. The van der Waals surface area contributed by atoms with Crippen LogP contribution in [0.3, 0.4) is 0 Å². The number of nitrogens with zero attached hydrogens (tertiary/aromatic N) is 1. The lowest BCUT2D eigenvalue weighted by atomic mass is 10.1. The molecule has 150 valence electrons. The van der Waals surface area contributed by atoms with Crippen LogP contribution in [0.15, 0.2) is 82.3 Å². The summed E-state index contributed by atoms with van der Waals surface area (Å²) in [6.45, 7) is 0.0945. The first-order valence-electron chi connectivity index (χ1n) is 9.19. The summed E-state index contributed by atoms with van der Waals surface area (Å²) in [6, 6.07) is 22.8. The van der Waals surface area contributed by atoms with Gasteiger partial charge in [0, 0.05) is 11.3 Å². The van der Waals surface area contributed by atoms with Gasteiger partial charge in [-0.25, -0.2) is 5.43 Å². The van der Waals surface area contributed by atoms with Crippen molar-refractivity contribution in [1.29, 1.82) is 0 Å². The normalized spacial score (nSPS) is 11.1. The standard InChI is InChI=1S/C23H17Cl2N3O2/c24-20-7-3-6-19(23(20)25)21-11-10-18(30-21)13-27-28-22(29)14-26-17-9-8-15-4-1-2-5-16(15)12-17/h1-13,26H,14H2,(H,28,29)/b27-13+. The van der Waals surface area contributed by atoms with E-state index in [-0.39, 0.29) is 12.5 Å². The molecule has 4 rings (SSSR count). The third-order valence-electron chi connectivity index (χ3n) is 4.43. The monoisotopic (exact) mass is 437 g/mol. The Bertz CT molecular complexity index is 1230. The van der Waals surface area contributed by atoms with Gasteiger partial charge in [-0.3, -0.25) is 4.79 Å². The van der Waals surface area contributed by atoms with Crippen LogP contribution in [-0.4, -0.2) is 18.7 Å². The Morgan fingerprint density at radius 1 is 0.967 bits per heavy atom. The smallest absolute Gasteiger partial charge is 0.259 e. The maximum absolute atomic E-state index is 12.0. The SMILES string of the molecule is O=C(CNc1ccc2ccccc2c1)N/N=C/c1ccc(-c2cccc(Cl)c2Cl)o1. The van der Waals surface area contributed by atoms with Gasteiger partial charge in [0.1, 0.15) is 11.5 Å². The van der Waals surface area contributed by atoms with Gasteiger partial charge in [-0.15, -0.1) is 0 Å². The molecule has 0 aliphatic carbocycles. The highest BCUT2D eigenvalue weighted by molar-refractivity contribution is 6.43. The third-order valence-corrected chi connectivity index (χ3v) is 5.25. The molecule has 1 aromatic heterocycles. The fourth-order valence-corrected chi connectivity index (χ4v) is 3.34. The number of hydrogen-bond donors (Lipinski definition) is 2. The van der Waals surface area contributed by atoms with E-state index < -0.39 is 0 Å². The second-order valence-electron chi connectivity index (χ2n) is 6.51. The molecule has 4 aromatic rings. The largest absolute Gasteiger partial charge is 0.455 e. The molecule has 0 radical (unpaired) electrons. The Kier molecular flexibility index (Phi) is 6.02. The van der Waals surface area contributed by atoms with Gasteiger partial charge in [-0.1, -0.05) is 59.6 Å². The number of halogens is 2. The average Bonchev–Trinajstić information content (AvgIpc) is 3.22. The van der Waals surface area contributed by atoms with Crippen molar-refractivity contribution in [2.75, 3.05) is 11.9 Å². The Balaban J connectivity index is 1.32. The van der Waals surface area contributed by atoms with E-state index in [9.17, 15) is 4.79 Å². The van der Waals surface area contributed by atoms with Crippen molar-refractivity contribution in [3.8, 4) is 11.3 Å². The van der Waals surface area contributed by atoms with Crippen molar-refractivity contribution >= 4 is 51.8 Å². The fraction of sp³-hybridized carbons (Fsp3) is 0.0435. The first kappa shape index (κ1) is 20.0. The Hall–Kier alpha value is -3.28. The summed E-state index contributed by atoms with van der Waals surface area (Å²) < 4.78 is 5.70. The van der Waals surface area contributed by atoms with Crippen molar-refractivity contribution in [3.05, 3.63) is 88.6 Å². The molecule has 0 saturated heterocycles. The molecule has 5 nitrogen and oxygen atoms in total. The number of furan rings is 1. The number of hydrogen-bond acceptors (Lipinski definition) is 4. The molecule has 1 amide bonds. The first-order valence-corrected chi connectivity index (χ1v) is 9.94. The fourth-order valence-electron chi connectivity index (χ4n) is 2.95. The van der Waals surface area contributed by atoms with Crippen molar-refractivity contribution in [1.82, 2.24) is 5.43 Å². The maximum atomic E-state index is 12.0. The van der Waals surface area contributed by atoms with E-state index in [4.69, 9.17) is 27.6 Å². The predicted molar refractivity (Wildman–Crippen MR) is 122 cm³/mol. The van der Waals surface area contributed by atoms with Crippen LogP contribution in [0.1, 0.15) is 5.76 Å². The molecule has 7 heteroatoms. The van der Waals surface area contributed by atoms with E-state index in [1.807, 2.05) is 48.5 Å². The molecule has 0 bridgehead atoms. The quantitative estimate of drug-likeness (QED) is 0.288. The van der Waals surface area contributed by atoms with Gasteiger partial charge >= 0.3 is 0 Å². The van der Waals surface area contributed by atoms with Crippen LogP contribution in [0.5, 0.6) is 0 Å². The summed E-state index contributed by atoms with van der Waals surface area (Å²) in [4.78, 5) is 12.0. The van der Waals surface area contributed by atoms with Gasteiger partial charge in [0.25, 0.3) is 5.91 Å². The van der Waals surface area contributed by atoms with Crippen molar-refractivity contribution in [2.45, 2.75) is 0 Å². The van der Waals surface area contributed by atoms with Crippen LogP contribution in [-0.2, 0) is 4.79 Å². The van der Waals surface area contributed by atoms with Gasteiger partial charge < -0.3 is 9.73 Å². The van der Waals surface area contributed by atoms with Crippen LogP contribution in [0.2, 0.25) is 10.0 Å². The summed E-state index contributed by atoms with van der Waals surface area (Å²) in [6.07, 6.45) is 1.43. The highest BCUT2D eigenvalue weighted by Crippen LogP contribution is 2.34. The second kappa shape index (κ2) is 9.03. The van der Waals surface area contributed by atoms with E-state index in [0.29, 0.717) is 27.1 Å². The molecule has 0 saturated carbocycles. The zero-order valence-corrected chi connectivity index (χ0v) is 17.2. The van der Waals surface area contributed by atoms with Gasteiger partial charge in [-0.2, -0.15) is 5.10 Å². The highest BCUT2D eigenvalue weighted by atomic mass is 35.5. The summed E-state index contributed by atoms with van der Waals surface area (Å²) >= 11 is 12.2. The molecule has 30 heavy (non-hydrogen) atoms. The summed E-state index contributed by atoms with van der Waals surface area (Å²) in [5, 5.41) is 10.1. The molecule has 0 aliphatic rings. The molecule has 0 spiro atoms. The predicted octanol–water partition coefficient (Wildman–Crippen LogP) is 5.97. The summed E-state index contributed by atoms with van der Waals surface area (Å²) in [5.74, 6) is 0.765. The number of amides is 1. The van der Waals surface area contributed by atoms with E-state index in [2.05, 4.69) is 15.8 Å². The molecule has 3 aromatic carbocycles. The minimum absolute atomic E-state index is 0.0945. The number of rotatable bonds is 6. The minimum Gasteiger partial charge on any atom is -0.455 e. The Morgan fingerprint density at radius 2 is 1.80 bits per heavy atom. The van der Waals surface area contributed by atoms with E-state index >= 15 is 0 Å². The lowest BCUT2D eigenvalue weighted by Crippen LogP contribution is -2.25. The minimum atomic E-state index is -0.274. The van der Waals surface area contributed by atoms with Gasteiger partial charge in [0.15, 0.2) is 0 Å². The van der Waals surface area contributed by atoms with Crippen LogP contribution in [0.25, 0.3) is 22.1 Å². The van der Waals surface area contributed by atoms with E-state index in [1.54, 1.807) is 24.3 Å². The Labute approximate surface area is 183 Å². The van der Waals surface area contributed by atoms with Crippen molar-refractivity contribution < 1.29 is 9.21 Å². The van der Waals surface area contributed by atoms with Gasteiger partial charge in [0.2, 0.25) is 0 Å². The lowest BCUT2D eigenvalue weighted by molar-refractivity contribution is -0.119. The molecular formula is C23H17Cl2N3O2. The number of hydrazone groups is 1. The highest BCUT2D eigenvalue weighted by Gasteiger charge is 2.10. The second-order valence-corrected chi connectivity index (χ2v) is 7.30. The zero-order valence-electron chi connectivity index (χ0n) is 15.7. The number of benzene rings is 3. The number of fused-ring (bicyclic) bond motifs is 1. The number of nitrogens with one attached hydrogen (secondary N) is 2. The number of carbonyl (C=O) groups excluding carboxylic acids is 1. The van der Waals surface area contributed by atoms with Crippen LogP contribution in [0.4, 0.5) is 5.69 Å². The van der Waals surface area contributed by atoms with E-state index in [1.165, 1.54) is 6.21 Å². The number of anilines is 1. The van der Waals surface area contributed by atoms with Crippen LogP contribution in [0, 0.1) is 0 Å². The molecule has 0 atom stereocenters. The molecule has 0 unspecified atom stereocenters. The molecule has 2 N–H and O–H groups in total. The summed E-state index contributed by atoms with van der Waals surface area (Å²) in [7, 11) is 0. The van der Waals surface area contributed by atoms with Gasteiger partial charge in [-0.05, 0) is 47.2 Å². The van der Waals surface area contributed by atoms with Crippen LogP contribution >= 0.6 is 23.2 Å². The first-order chi connectivity index (χ1) is 14.6.